The minimum absolute atomic E-state index is 0.483. The second kappa shape index (κ2) is 7.97. The van der Waals surface area contributed by atoms with E-state index in [2.05, 4.69) is 32.3 Å². The number of nitrogens with one attached hydrogen (secondary N) is 1. The van der Waals surface area contributed by atoms with Gasteiger partial charge < -0.3 is 10.1 Å². The number of anilines is 1. The number of nitriles is 1. The van der Waals surface area contributed by atoms with E-state index < -0.39 is 0 Å². The highest BCUT2D eigenvalue weighted by molar-refractivity contribution is 9.10. The number of methoxy groups -OCH3 is 1. The van der Waals surface area contributed by atoms with Crippen molar-refractivity contribution in [2.24, 2.45) is 0 Å². The van der Waals surface area contributed by atoms with Crippen LogP contribution >= 0.6 is 27.3 Å². The van der Waals surface area contributed by atoms with E-state index in [4.69, 9.17) is 4.74 Å². The topological polar surface area (TPSA) is 57.9 Å². The quantitative estimate of drug-likeness (QED) is 0.558. The number of ether oxygens (including phenoxy) is 1. The van der Waals surface area contributed by atoms with E-state index in [1.807, 2.05) is 53.9 Å². The average molecular weight is 412 g/mol. The fourth-order valence-electron chi connectivity index (χ4n) is 2.16. The maximum atomic E-state index is 9.45. The molecule has 0 spiro atoms. The van der Waals surface area contributed by atoms with Crippen LogP contribution in [-0.4, -0.2) is 12.1 Å². The highest BCUT2D eigenvalue weighted by atomic mass is 79.9. The van der Waals surface area contributed by atoms with Gasteiger partial charge in [-0.15, -0.1) is 11.3 Å². The summed E-state index contributed by atoms with van der Waals surface area (Å²) in [6.07, 6.45) is 1.67. The molecule has 0 aliphatic rings. The van der Waals surface area contributed by atoms with Gasteiger partial charge in [-0.25, -0.2) is 4.98 Å². The molecule has 1 aromatic heterocycles. The Balaban J connectivity index is 1.81. The lowest BCUT2D eigenvalue weighted by Gasteiger charge is -2.04. The molecule has 0 radical (unpaired) electrons. The third kappa shape index (κ3) is 4.27. The fourth-order valence-corrected chi connectivity index (χ4v) is 3.22. The number of aromatic nitrogens is 1. The summed E-state index contributed by atoms with van der Waals surface area (Å²) in [6, 6.07) is 17.6. The van der Waals surface area contributed by atoms with Crippen molar-refractivity contribution in [3.05, 3.63) is 69.6 Å². The zero-order valence-electron chi connectivity index (χ0n) is 13.4. The molecule has 0 bridgehead atoms. The van der Waals surface area contributed by atoms with Crippen molar-refractivity contribution in [1.29, 1.82) is 5.26 Å². The zero-order valence-corrected chi connectivity index (χ0v) is 15.8. The summed E-state index contributed by atoms with van der Waals surface area (Å²) in [4.78, 5) is 4.58. The van der Waals surface area contributed by atoms with E-state index in [1.165, 1.54) is 11.3 Å². The normalized spacial score (nSPS) is 11.0. The molecule has 25 heavy (non-hydrogen) atoms. The minimum Gasteiger partial charge on any atom is -0.497 e. The highest BCUT2D eigenvalue weighted by Crippen LogP contribution is 2.27. The van der Waals surface area contributed by atoms with Crippen molar-refractivity contribution in [1.82, 2.24) is 4.98 Å². The molecule has 0 amide bonds. The Morgan fingerprint density at radius 2 is 2.08 bits per heavy atom. The molecule has 0 saturated carbocycles. The Hall–Kier alpha value is -2.62. The van der Waals surface area contributed by atoms with Gasteiger partial charge in [0.05, 0.1) is 12.8 Å². The molecule has 0 aliphatic heterocycles. The van der Waals surface area contributed by atoms with Gasteiger partial charge in [0.2, 0.25) is 0 Å². The van der Waals surface area contributed by atoms with Gasteiger partial charge in [-0.2, -0.15) is 5.26 Å². The average Bonchev–Trinajstić information content (AvgIpc) is 3.13. The maximum absolute atomic E-state index is 9.45. The third-order valence-electron chi connectivity index (χ3n) is 3.45. The van der Waals surface area contributed by atoms with E-state index in [1.54, 1.807) is 13.3 Å². The molecule has 4 nitrogen and oxygen atoms in total. The molecule has 0 aliphatic carbocycles. The van der Waals surface area contributed by atoms with E-state index in [9.17, 15) is 5.26 Å². The molecular weight excluding hydrogens is 398 g/mol. The van der Waals surface area contributed by atoms with E-state index in [0.717, 1.165) is 27.2 Å². The highest BCUT2D eigenvalue weighted by Gasteiger charge is 2.09. The smallest absolute Gasteiger partial charge is 0.136 e. The minimum atomic E-state index is 0.483. The van der Waals surface area contributed by atoms with Crippen molar-refractivity contribution in [3.63, 3.8) is 0 Å². The number of hydrogen-bond acceptors (Lipinski definition) is 5. The van der Waals surface area contributed by atoms with E-state index in [0.29, 0.717) is 10.6 Å². The molecule has 1 heterocycles. The largest absolute Gasteiger partial charge is 0.497 e. The van der Waals surface area contributed by atoms with Gasteiger partial charge in [0.25, 0.3) is 0 Å². The van der Waals surface area contributed by atoms with E-state index in [-0.39, 0.29) is 0 Å². The van der Waals surface area contributed by atoms with Crippen LogP contribution < -0.4 is 10.1 Å². The summed E-state index contributed by atoms with van der Waals surface area (Å²) in [5.74, 6) is 0.753. The van der Waals surface area contributed by atoms with Gasteiger partial charge >= 0.3 is 0 Å². The van der Waals surface area contributed by atoms with Crippen molar-refractivity contribution in [3.8, 4) is 23.1 Å². The van der Waals surface area contributed by atoms with Crippen LogP contribution in [-0.2, 0) is 0 Å². The molecule has 0 saturated heterocycles. The van der Waals surface area contributed by atoms with Gasteiger partial charge in [0.1, 0.15) is 22.4 Å². The first kappa shape index (κ1) is 17.2. The summed E-state index contributed by atoms with van der Waals surface area (Å²) < 4.78 is 6.21. The lowest BCUT2D eigenvalue weighted by Crippen LogP contribution is -1.92. The first-order valence-electron chi connectivity index (χ1n) is 7.42. The van der Waals surface area contributed by atoms with Crippen LogP contribution in [0.2, 0.25) is 0 Å². The van der Waals surface area contributed by atoms with Gasteiger partial charge in [0.15, 0.2) is 0 Å². The van der Waals surface area contributed by atoms with Gasteiger partial charge in [-0.1, -0.05) is 34.1 Å². The van der Waals surface area contributed by atoms with Gasteiger partial charge in [-0.3, -0.25) is 0 Å². The third-order valence-corrected chi connectivity index (χ3v) is 4.85. The SMILES string of the molecule is COc1cccc(NC=C(C#N)c2nc(-c3ccc(Br)cc3)cs2)c1. The second-order valence-corrected chi connectivity index (χ2v) is 6.86. The van der Waals surface area contributed by atoms with Crippen LogP contribution in [0.4, 0.5) is 5.69 Å². The molecule has 0 atom stereocenters. The van der Waals surface area contributed by atoms with Crippen molar-refractivity contribution >= 4 is 38.5 Å². The molecule has 3 aromatic rings. The number of thiazole rings is 1. The predicted octanol–water partition coefficient (Wildman–Crippen LogP) is 5.56. The summed E-state index contributed by atoms with van der Waals surface area (Å²) >= 11 is 4.87. The first-order valence-corrected chi connectivity index (χ1v) is 9.09. The fraction of sp³-hybridized carbons (Fsp3) is 0.0526. The number of halogens is 1. The summed E-state index contributed by atoms with van der Waals surface area (Å²) in [5.41, 5.74) is 3.20. The molecule has 124 valence electrons. The van der Waals surface area contributed by atoms with Crippen molar-refractivity contribution in [2.75, 3.05) is 12.4 Å². The van der Waals surface area contributed by atoms with Crippen LogP contribution in [0, 0.1) is 11.3 Å². The van der Waals surface area contributed by atoms with Crippen LogP contribution in [0.15, 0.2) is 64.6 Å². The van der Waals surface area contributed by atoms with Crippen LogP contribution in [0.25, 0.3) is 16.8 Å². The molecule has 2 aromatic carbocycles. The van der Waals surface area contributed by atoms with Gasteiger partial charge in [-0.05, 0) is 24.3 Å². The van der Waals surface area contributed by atoms with E-state index >= 15 is 0 Å². The summed E-state index contributed by atoms with van der Waals surface area (Å²) in [7, 11) is 1.62. The second-order valence-electron chi connectivity index (χ2n) is 5.09. The Labute approximate surface area is 158 Å². The molecular formula is C19H14BrN3OS. The summed E-state index contributed by atoms with van der Waals surface area (Å²) in [5, 5.41) is 15.2. The molecule has 3 rings (SSSR count). The Kier molecular flexibility index (Phi) is 5.49. The van der Waals surface area contributed by atoms with Crippen LogP contribution in [0.5, 0.6) is 5.75 Å². The van der Waals surface area contributed by atoms with Gasteiger partial charge in [0, 0.05) is 33.4 Å². The Bertz CT molecular complexity index is 942. The number of benzene rings is 2. The summed E-state index contributed by atoms with van der Waals surface area (Å²) in [6.45, 7) is 0. The van der Waals surface area contributed by atoms with Crippen molar-refractivity contribution < 1.29 is 4.74 Å². The molecule has 6 heteroatoms. The number of nitrogens with zero attached hydrogens (tertiary/aromatic N) is 2. The van der Waals surface area contributed by atoms with Crippen LogP contribution in [0.3, 0.4) is 0 Å². The standard InChI is InChI=1S/C19H14BrN3OS/c1-24-17-4-2-3-16(9-17)22-11-14(10-21)19-23-18(12-25-19)13-5-7-15(20)8-6-13/h2-9,11-12,22H,1H3. The zero-order chi connectivity index (χ0) is 17.6. The number of hydrogen-bond donors (Lipinski definition) is 1. The lowest BCUT2D eigenvalue weighted by molar-refractivity contribution is 0.415. The van der Waals surface area contributed by atoms with Crippen LogP contribution in [0.1, 0.15) is 5.01 Å². The molecule has 1 N–H and O–H groups in total. The Morgan fingerprint density at radius 3 is 2.80 bits per heavy atom. The molecule has 0 fully saturated rings. The Morgan fingerprint density at radius 1 is 1.28 bits per heavy atom. The lowest BCUT2D eigenvalue weighted by atomic mass is 10.2. The van der Waals surface area contributed by atoms with Crippen molar-refractivity contribution in [2.45, 2.75) is 0 Å². The monoisotopic (exact) mass is 411 g/mol. The number of rotatable bonds is 5. The first-order chi connectivity index (χ1) is 12.2. The number of allylic oxidation sites excluding steroid dienone is 1. The molecule has 0 unspecified atom stereocenters. The maximum Gasteiger partial charge on any atom is 0.136 e. The predicted molar refractivity (Wildman–Crippen MR) is 105 cm³/mol.